The quantitative estimate of drug-likeness (QED) is 0.556. The highest BCUT2D eigenvalue weighted by atomic mass is 16.5. The Morgan fingerprint density at radius 3 is 2.72 bits per heavy atom. The van der Waals surface area contributed by atoms with Gasteiger partial charge in [0.25, 0.3) is 0 Å². The van der Waals surface area contributed by atoms with E-state index in [-0.39, 0.29) is 0 Å². The lowest BCUT2D eigenvalue weighted by atomic mass is 10.3. The van der Waals surface area contributed by atoms with E-state index in [2.05, 4.69) is 15.7 Å². The van der Waals surface area contributed by atoms with E-state index in [0.29, 0.717) is 12.4 Å². The molecule has 0 spiro atoms. The van der Waals surface area contributed by atoms with Crippen LogP contribution in [0, 0.1) is 0 Å². The summed E-state index contributed by atoms with van der Waals surface area (Å²) in [5, 5.41) is 3.19. The minimum atomic E-state index is 0.612. The van der Waals surface area contributed by atoms with Crippen molar-refractivity contribution >= 4 is 17.3 Å². The van der Waals surface area contributed by atoms with Crippen LogP contribution < -0.4 is 21.3 Å². The lowest BCUT2D eigenvalue weighted by Crippen LogP contribution is -2.08. The van der Waals surface area contributed by atoms with E-state index < -0.39 is 0 Å². The van der Waals surface area contributed by atoms with Gasteiger partial charge in [0.2, 0.25) is 0 Å². The maximum Gasteiger partial charge on any atom is 0.142 e. The second-order valence-corrected chi connectivity index (χ2v) is 3.64. The van der Waals surface area contributed by atoms with Crippen LogP contribution in [0.1, 0.15) is 6.92 Å². The van der Waals surface area contributed by atoms with E-state index in [1.54, 1.807) is 6.07 Å². The Bertz CT molecular complexity index is 516. The molecule has 0 radical (unpaired) electrons. The predicted octanol–water partition coefficient (Wildman–Crippen LogP) is 2.51. The Morgan fingerprint density at radius 2 is 1.94 bits per heavy atom. The van der Waals surface area contributed by atoms with Crippen molar-refractivity contribution in [2.45, 2.75) is 6.92 Å². The molecular formula is C13H16N4O. The molecule has 0 aliphatic heterocycles. The van der Waals surface area contributed by atoms with Crippen molar-refractivity contribution in [3.63, 3.8) is 0 Å². The largest absolute Gasteiger partial charge is 0.494 e. The molecule has 0 aliphatic rings. The van der Waals surface area contributed by atoms with Gasteiger partial charge in [-0.15, -0.1) is 0 Å². The first-order valence-corrected chi connectivity index (χ1v) is 5.75. The molecule has 1 aromatic heterocycles. The van der Waals surface area contributed by atoms with Crippen LogP contribution in [-0.4, -0.2) is 11.6 Å². The summed E-state index contributed by atoms with van der Waals surface area (Å²) in [5.74, 6) is 7.48. The maximum atomic E-state index is 5.44. The number of nitrogen functional groups attached to an aromatic ring is 1. The van der Waals surface area contributed by atoms with Crippen LogP contribution in [0.3, 0.4) is 0 Å². The number of pyridine rings is 1. The van der Waals surface area contributed by atoms with Crippen molar-refractivity contribution in [2.75, 3.05) is 17.3 Å². The molecular weight excluding hydrogens is 228 g/mol. The second-order valence-electron chi connectivity index (χ2n) is 3.64. The molecule has 5 nitrogen and oxygen atoms in total. The molecule has 94 valence electrons. The average Bonchev–Trinajstić information content (AvgIpc) is 2.40. The highest BCUT2D eigenvalue weighted by Gasteiger charge is 1.99. The zero-order valence-electron chi connectivity index (χ0n) is 10.2. The van der Waals surface area contributed by atoms with Gasteiger partial charge in [-0.2, -0.15) is 0 Å². The molecule has 1 heterocycles. The van der Waals surface area contributed by atoms with E-state index in [1.807, 2.05) is 43.3 Å². The lowest BCUT2D eigenvalue weighted by molar-refractivity contribution is 0.340. The lowest BCUT2D eigenvalue weighted by Gasteiger charge is -2.09. The molecule has 1 aromatic carbocycles. The number of nitrogens with zero attached hydrogens (tertiary/aromatic N) is 1. The topological polar surface area (TPSA) is 72.2 Å². The number of anilines is 3. The van der Waals surface area contributed by atoms with Crippen LogP contribution in [-0.2, 0) is 0 Å². The minimum absolute atomic E-state index is 0.612. The number of nitrogens with one attached hydrogen (secondary N) is 2. The molecule has 2 aromatic rings. The first kappa shape index (κ1) is 12.2. The van der Waals surface area contributed by atoms with Crippen LogP contribution >= 0.6 is 0 Å². The Kier molecular flexibility index (Phi) is 3.98. The molecule has 0 unspecified atom stereocenters. The molecule has 18 heavy (non-hydrogen) atoms. The molecule has 0 amide bonds. The Labute approximate surface area is 106 Å². The molecule has 0 bridgehead atoms. The van der Waals surface area contributed by atoms with Crippen LogP contribution in [0.2, 0.25) is 0 Å². The second kappa shape index (κ2) is 5.88. The summed E-state index contributed by atoms with van der Waals surface area (Å²) in [5.41, 5.74) is 3.43. The third kappa shape index (κ3) is 3.11. The number of nitrogens with two attached hydrogens (primary N) is 1. The number of ether oxygens (including phenoxy) is 1. The summed E-state index contributed by atoms with van der Waals surface area (Å²) in [6, 6.07) is 13.3. The average molecular weight is 244 g/mol. The van der Waals surface area contributed by atoms with E-state index >= 15 is 0 Å². The molecule has 2 rings (SSSR count). The third-order valence-electron chi connectivity index (χ3n) is 2.31. The van der Waals surface area contributed by atoms with Crippen molar-refractivity contribution in [3.05, 3.63) is 42.5 Å². The van der Waals surface area contributed by atoms with Crippen LogP contribution in [0.15, 0.2) is 42.5 Å². The van der Waals surface area contributed by atoms with Crippen LogP contribution in [0.5, 0.6) is 5.75 Å². The minimum Gasteiger partial charge on any atom is -0.494 e. The summed E-state index contributed by atoms with van der Waals surface area (Å²) in [6.07, 6.45) is 0. The molecule has 0 aliphatic carbocycles. The number of hydrogen-bond acceptors (Lipinski definition) is 5. The van der Waals surface area contributed by atoms with Crippen molar-refractivity contribution in [1.82, 2.24) is 4.98 Å². The summed E-state index contributed by atoms with van der Waals surface area (Å²) in [4.78, 5) is 4.27. The molecule has 0 atom stereocenters. The molecule has 0 fully saturated rings. The summed E-state index contributed by atoms with van der Waals surface area (Å²) < 4.78 is 5.44. The normalized spacial score (nSPS) is 9.89. The standard InChI is InChI=1S/C13H16N4O/c1-2-18-11-6-3-5-10(9-11)15-12-7-4-8-13(16-12)17-14/h3-9H,2,14H2,1H3,(H2,15,16,17). The maximum absolute atomic E-state index is 5.44. The fourth-order valence-electron chi connectivity index (χ4n) is 1.56. The van der Waals surface area contributed by atoms with Gasteiger partial charge in [0.15, 0.2) is 0 Å². The van der Waals surface area contributed by atoms with E-state index in [0.717, 1.165) is 17.3 Å². The van der Waals surface area contributed by atoms with Gasteiger partial charge in [-0.3, -0.25) is 0 Å². The van der Waals surface area contributed by atoms with E-state index in [9.17, 15) is 0 Å². The number of hydrogen-bond donors (Lipinski definition) is 3. The van der Waals surface area contributed by atoms with Gasteiger partial charge >= 0.3 is 0 Å². The molecule has 5 heteroatoms. The van der Waals surface area contributed by atoms with Crippen molar-refractivity contribution < 1.29 is 4.74 Å². The van der Waals surface area contributed by atoms with Crippen molar-refractivity contribution in [2.24, 2.45) is 5.84 Å². The summed E-state index contributed by atoms with van der Waals surface area (Å²) in [6.45, 7) is 2.60. The third-order valence-corrected chi connectivity index (χ3v) is 2.31. The molecule has 4 N–H and O–H groups in total. The van der Waals surface area contributed by atoms with Crippen LogP contribution in [0.4, 0.5) is 17.3 Å². The predicted molar refractivity (Wildman–Crippen MR) is 72.9 cm³/mol. The highest BCUT2D eigenvalue weighted by molar-refractivity contribution is 5.59. The molecule has 0 saturated carbocycles. The van der Waals surface area contributed by atoms with Gasteiger partial charge in [0.05, 0.1) is 6.61 Å². The smallest absolute Gasteiger partial charge is 0.142 e. The SMILES string of the molecule is CCOc1cccc(Nc2cccc(NN)n2)c1. The number of aromatic nitrogens is 1. The Balaban J connectivity index is 2.14. The molecule has 0 saturated heterocycles. The Morgan fingerprint density at radius 1 is 1.17 bits per heavy atom. The van der Waals surface area contributed by atoms with Crippen LogP contribution in [0.25, 0.3) is 0 Å². The number of benzene rings is 1. The van der Waals surface area contributed by atoms with Gasteiger partial charge in [0, 0.05) is 11.8 Å². The van der Waals surface area contributed by atoms with Gasteiger partial charge in [-0.1, -0.05) is 12.1 Å². The fourth-order valence-corrected chi connectivity index (χ4v) is 1.56. The first-order chi connectivity index (χ1) is 8.81. The monoisotopic (exact) mass is 244 g/mol. The van der Waals surface area contributed by atoms with E-state index in [1.165, 1.54) is 0 Å². The zero-order chi connectivity index (χ0) is 12.8. The number of hydrazine groups is 1. The summed E-state index contributed by atoms with van der Waals surface area (Å²) in [7, 11) is 0. The van der Waals surface area contributed by atoms with Crippen molar-refractivity contribution in [3.8, 4) is 5.75 Å². The number of rotatable bonds is 5. The van der Waals surface area contributed by atoms with Gasteiger partial charge in [0.1, 0.15) is 17.4 Å². The zero-order valence-corrected chi connectivity index (χ0v) is 10.2. The first-order valence-electron chi connectivity index (χ1n) is 5.75. The van der Waals surface area contributed by atoms with Gasteiger partial charge < -0.3 is 15.5 Å². The van der Waals surface area contributed by atoms with Crippen molar-refractivity contribution in [1.29, 1.82) is 0 Å². The fraction of sp³-hybridized carbons (Fsp3) is 0.154. The van der Waals surface area contributed by atoms with Gasteiger partial charge in [-0.05, 0) is 31.2 Å². The Hall–Kier alpha value is -2.27. The van der Waals surface area contributed by atoms with E-state index in [4.69, 9.17) is 10.6 Å². The summed E-state index contributed by atoms with van der Waals surface area (Å²) >= 11 is 0. The van der Waals surface area contributed by atoms with Gasteiger partial charge in [-0.25, -0.2) is 10.8 Å². The highest BCUT2D eigenvalue weighted by Crippen LogP contribution is 2.21.